The molecule has 0 aliphatic carbocycles. The Hall–Kier alpha value is -0.870. The summed E-state index contributed by atoms with van der Waals surface area (Å²) >= 11 is 1.49. The summed E-state index contributed by atoms with van der Waals surface area (Å²) in [5.74, 6) is -0.409. The molecule has 72 valence electrons. The van der Waals surface area contributed by atoms with Crippen molar-refractivity contribution in [2.75, 3.05) is 13.7 Å². The molecule has 1 aromatic heterocycles. The fraction of sp³-hybridized carbons (Fsp3) is 0.444. The zero-order valence-electron chi connectivity index (χ0n) is 7.61. The Kier molecular flexibility index (Phi) is 3.06. The molecule has 1 N–H and O–H groups in total. The number of carbonyl (C=O) groups excluding carboxylic acids is 1. The summed E-state index contributed by atoms with van der Waals surface area (Å²) in [6.07, 6.45) is 0. The van der Waals surface area contributed by atoms with Crippen LogP contribution < -0.4 is 0 Å². The van der Waals surface area contributed by atoms with Crippen molar-refractivity contribution in [3.63, 3.8) is 0 Å². The van der Waals surface area contributed by atoms with E-state index in [0.717, 1.165) is 5.56 Å². The number of aliphatic hydroxyl groups is 1. The average molecular weight is 200 g/mol. The Labute approximate surface area is 81.0 Å². The van der Waals surface area contributed by atoms with E-state index >= 15 is 0 Å². The van der Waals surface area contributed by atoms with Crippen LogP contribution in [0.2, 0.25) is 0 Å². The van der Waals surface area contributed by atoms with Gasteiger partial charge in [-0.15, -0.1) is 0 Å². The highest BCUT2D eigenvalue weighted by Gasteiger charge is 2.35. The van der Waals surface area contributed by atoms with Crippen LogP contribution in [0.5, 0.6) is 0 Å². The summed E-state index contributed by atoms with van der Waals surface area (Å²) in [4.78, 5) is 11.4. The number of rotatable bonds is 3. The minimum Gasteiger partial charge on any atom is -0.468 e. The van der Waals surface area contributed by atoms with E-state index in [0.29, 0.717) is 0 Å². The smallest absolute Gasteiger partial charge is 0.318 e. The molecule has 1 unspecified atom stereocenters. The van der Waals surface area contributed by atoms with Crippen LogP contribution >= 0.6 is 11.3 Å². The lowest BCUT2D eigenvalue weighted by molar-refractivity contribution is -0.148. The quantitative estimate of drug-likeness (QED) is 0.745. The van der Waals surface area contributed by atoms with Gasteiger partial charge in [0.1, 0.15) is 5.41 Å². The first kappa shape index (κ1) is 10.2. The highest BCUT2D eigenvalue weighted by molar-refractivity contribution is 7.08. The second kappa shape index (κ2) is 3.89. The van der Waals surface area contributed by atoms with Crippen molar-refractivity contribution >= 4 is 17.3 Å². The molecule has 13 heavy (non-hydrogen) atoms. The minimum atomic E-state index is -0.922. The van der Waals surface area contributed by atoms with Crippen LogP contribution in [0, 0.1) is 0 Å². The Morgan fingerprint density at radius 1 is 1.77 bits per heavy atom. The van der Waals surface area contributed by atoms with Gasteiger partial charge in [0.15, 0.2) is 0 Å². The van der Waals surface area contributed by atoms with Gasteiger partial charge in [0.05, 0.1) is 13.7 Å². The van der Waals surface area contributed by atoms with Crippen LogP contribution in [0.15, 0.2) is 16.8 Å². The third-order valence-electron chi connectivity index (χ3n) is 2.11. The van der Waals surface area contributed by atoms with E-state index in [4.69, 9.17) is 5.11 Å². The van der Waals surface area contributed by atoms with Crippen molar-refractivity contribution in [1.82, 2.24) is 0 Å². The van der Waals surface area contributed by atoms with Gasteiger partial charge in [-0.1, -0.05) is 0 Å². The third kappa shape index (κ3) is 1.73. The maximum Gasteiger partial charge on any atom is 0.318 e. The second-order valence-corrected chi connectivity index (χ2v) is 3.77. The number of carbonyl (C=O) groups is 1. The highest BCUT2D eigenvalue weighted by Crippen LogP contribution is 2.26. The van der Waals surface area contributed by atoms with Crippen molar-refractivity contribution in [3.8, 4) is 0 Å². The van der Waals surface area contributed by atoms with Crippen LogP contribution in [0.25, 0.3) is 0 Å². The first-order valence-corrected chi connectivity index (χ1v) is 4.81. The lowest BCUT2D eigenvalue weighted by atomic mass is 9.85. The zero-order chi connectivity index (χ0) is 9.90. The molecule has 1 aromatic rings. The lowest BCUT2D eigenvalue weighted by Gasteiger charge is -2.22. The molecular weight excluding hydrogens is 188 g/mol. The predicted molar refractivity (Wildman–Crippen MR) is 50.8 cm³/mol. The number of methoxy groups -OCH3 is 1. The molecule has 3 nitrogen and oxygen atoms in total. The number of thiophene rings is 1. The number of aliphatic hydroxyl groups excluding tert-OH is 1. The van der Waals surface area contributed by atoms with E-state index in [1.54, 1.807) is 6.92 Å². The van der Waals surface area contributed by atoms with Gasteiger partial charge in [-0.25, -0.2) is 0 Å². The summed E-state index contributed by atoms with van der Waals surface area (Å²) in [6, 6.07) is 1.82. The summed E-state index contributed by atoms with van der Waals surface area (Å²) in [7, 11) is 1.32. The molecule has 1 rings (SSSR count). The van der Waals surface area contributed by atoms with Crippen LogP contribution in [-0.2, 0) is 14.9 Å². The number of hydrogen-bond acceptors (Lipinski definition) is 4. The van der Waals surface area contributed by atoms with E-state index < -0.39 is 11.4 Å². The Balaban J connectivity index is 3.01. The molecule has 0 amide bonds. The van der Waals surface area contributed by atoms with E-state index in [1.807, 2.05) is 16.8 Å². The van der Waals surface area contributed by atoms with E-state index in [2.05, 4.69) is 4.74 Å². The zero-order valence-corrected chi connectivity index (χ0v) is 8.43. The Morgan fingerprint density at radius 3 is 2.85 bits per heavy atom. The summed E-state index contributed by atoms with van der Waals surface area (Å²) < 4.78 is 4.64. The van der Waals surface area contributed by atoms with Crippen LogP contribution in [-0.4, -0.2) is 24.8 Å². The second-order valence-electron chi connectivity index (χ2n) is 2.99. The minimum absolute atomic E-state index is 0.240. The van der Waals surface area contributed by atoms with Gasteiger partial charge in [-0.2, -0.15) is 11.3 Å². The van der Waals surface area contributed by atoms with Gasteiger partial charge in [0, 0.05) is 0 Å². The summed E-state index contributed by atoms with van der Waals surface area (Å²) in [6.45, 7) is 1.43. The van der Waals surface area contributed by atoms with Crippen molar-refractivity contribution in [3.05, 3.63) is 22.4 Å². The Bertz CT molecular complexity index is 281. The molecule has 0 bridgehead atoms. The molecule has 1 heterocycles. The van der Waals surface area contributed by atoms with Crippen LogP contribution in [0.1, 0.15) is 12.5 Å². The van der Waals surface area contributed by atoms with Gasteiger partial charge >= 0.3 is 5.97 Å². The third-order valence-corrected chi connectivity index (χ3v) is 2.79. The molecule has 0 aromatic carbocycles. The molecule has 0 saturated heterocycles. The first-order valence-electron chi connectivity index (χ1n) is 3.87. The maximum atomic E-state index is 11.4. The first-order chi connectivity index (χ1) is 6.15. The fourth-order valence-electron chi connectivity index (χ4n) is 1.08. The molecule has 0 spiro atoms. The molecule has 0 radical (unpaired) electrons. The topological polar surface area (TPSA) is 46.5 Å². The lowest BCUT2D eigenvalue weighted by Crippen LogP contribution is -2.37. The molecule has 0 saturated carbocycles. The van der Waals surface area contributed by atoms with Crippen molar-refractivity contribution in [2.24, 2.45) is 0 Å². The summed E-state index contributed by atoms with van der Waals surface area (Å²) in [5, 5.41) is 12.9. The van der Waals surface area contributed by atoms with Gasteiger partial charge in [0.25, 0.3) is 0 Å². The SMILES string of the molecule is COC(=O)C(C)(CO)c1ccsc1. The van der Waals surface area contributed by atoms with Crippen LogP contribution in [0.4, 0.5) is 0 Å². The number of esters is 1. The van der Waals surface area contributed by atoms with E-state index in [-0.39, 0.29) is 6.61 Å². The normalized spacial score (nSPS) is 15.0. The van der Waals surface area contributed by atoms with Crippen molar-refractivity contribution < 1.29 is 14.6 Å². The van der Waals surface area contributed by atoms with Gasteiger partial charge in [-0.05, 0) is 29.3 Å². The van der Waals surface area contributed by atoms with Crippen molar-refractivity contribution in [2.45, 2.75) is 12.3 Å². The van der Waals surface area contributed by atoms with Gasteiger partial charge in [0.2, 0.25) is 0 Å². The number of ether oxygens (including phenoxy) is 1. The number of hydrogen-bond donors (Lipinski definition) is 1. The average Bonchev–Trinajstić information content (AvgIpc) is 2.68. The molecule has 4 heteroatoms. The largest absolute Gasteiger partial charge is 0.468 e. The molecular formula is C9H12O3S. The van der Waals surface area contributed by atoms with Crippen LogP contribution in [0.3, 0.4) is 0 Å². The van der Waals surface area contributed by atoms with Gasteiger partial charge in [-0.3, -0.25) is 4.79 Å². The summed E-state index contributed by atoms with van der Waals surface area (Å²) in [5.41, 5.74) is -0.124. The standard InChI is InChI=1S/C9H12O3S/c1-9(6-10,8(11)12-2)7-3-4-13-5-7/h3-5,10H,6H2,1-2H3. The molecule has 0 aliphatic heterocycles. The van der Waals surface area contributed by atoms with E-state index in [9.17, 15) is 4.79 Å². The maximum absolute atomic E-state index is 11.4. The highest BCUT2D eigenvalue weighted by atomic mass is 32.1. The predicted octanol–water partition coefficient (Wildman–Crippen LogP) is 1.17. The van der Waals surface area contributed by atoms with Crippen molar-refractivity contribution in [1.29, 1.82) is 0 Å². The molecule has 0 fully saturated rings. The Morgan fingerprint density at radius 2 is 2.46 bits per heavy atom. The monoisotopic (exact) mass is 200 g/mol. The fourth-order valence-corrected chi connectivity index (χ4v) is 1.87. The molecule has 0 aliphatic rings. The molecule has 1 atom stereocenters. The van der Waals surface area contributed by atoms with E-state index in [1.165, 1.54) is 18.4 Å². The van der Waals surface area contributed by atoms with Gasteiger partial charge < -0.3 is 9.84 Å².